The number of nitrogens with two attached hydrogens (primary N) is 1. The SMILES string of the molecule is CO[C@H](C(=N)N)[C@H](C)S(C)(=O)=O. The molecule has 0 aromatic rings. The highest BCUT2D eigenvalue weighted by Gasteiger charge is 2.27. The molecule has 0 aliphatic heterocycles. The van der Waals surface area contributed by atoms with Crippen LogP contribution >= 0.6 is 0 Å². The van der Waals surface area contributed by atoms with Crippen LogP contribution in [0.4, 0.5) is 0 Å². The zero-order valence-corrected chi connectivity index (χ0v) is 8.18. The first-order valence-corrected chi connectivity index (χ1v) is 5.31. The zero-order chi connectivity index (χ0) is 9.94. The van der Waals surface area contributed by atoms with Gasteiger partial charge in [0.05, 0.1) is 5.25 Å². The number of rotatable bonds is 4. The molecule has 0 heterocycles. The quantitative estimate of drug-likeness (QED) is 0.460. The Morgan fingerprint density at radius 3 is 2.08 bits per heavy atom. The van der Waals surface area contributed by atoms with E-state index in [0.717, 1.165) is 6.26 Å². The summed E-state index contributed by atoms with van der Waals surface area (Å²) in [5.41, 5.74) is 5.14. The van der Waals surface area contributed by atoms with E-state index in [1.165, 1.54) is 14.0 Å². The van der Waals surface area contributed by atoms with Crippen molar-refractivity contribution >= 4 is 15.7 Å². The fourth-order valence-electron chi connectivity index (χ4n) is 0.796. The van der Waals surface area contributed by atoms with Crippen LogP contribution in [-0.4, -0.2) is 39.0 Å². The van der Waals surface area contributed by atoms with E-state index >= 15 is 0 Å². The lowest BCUT2D eigenvalue weighted by Gasteiger charge is -2.19. The number of sulfone groups is 1. The lowest BCUT2D eigenvalue weighted by atomic mass is 10.2. The summed E-state index contributed by atoms with van der Waals surface area (Å²) < 4.78 is 26.8. The van der Waals surface area contributed by atoms with Crippen LogP contribution < -0.4 is 5.73 Å². The monoisotopic (exact) mass is 194 g/mol. The summed E-state index contributed by atoms with van der Waals surface area (Å²) in [5.74, 6) is -0.268. The molecule has 0 radical (unpaired) electrons. The molecule has 0 aromatic carbocycles. The second-order valence-electron chi connectivity index (χ2n) is 2.65. The van der Waals surface area contributed by atoms with Gasteiger partial charge in [-0.1, -0.05) is 0 Å². The molecule has 0 aliphatic rings. The number of methoxy groups -OCH3 is 1. The lowest BCUT2D eigenvalue weighted by molar-refractivity contribution is 0.153. The average Bonchev–Trinajstić information content (AvgIpc) is 1.86. The smallest absolute Gasteiger partial charge is 0.153 e. The number of hydrogen-bond donors (Lipinski definition) is 2. The molecule has 0 fully saturated rings. The molecule has 0 aliphatic carbocycles. The number of nitrogens with one attached hydrogen (secondary N) is 1. The van der Waals surface area contributed by atoms with E-state index in [9.17, 15) is 8.42 Å². The Labute approximate surface area is 72.3 Å². The standard InChI is InChI=1S/C6H14N2O3S/c1-4(12(3,9)10)5(11-2)6(7)8/h4-5H,1-3H3,(H3,7,8)/t4-,5-/m0/s1. The van der Waals surface area contributed by atoms with E-state index in [2.05, 4.69) is 0 Å². The summed E-state index contributed by atoms with van der Waals surface area (Å²) in [7, 11) is -1.88. The Balaban J connectivity index is 4.66. The van der Waals surface area contributed by atoms with E-state index in [1.807, 2.05) is 0 Å². The number of ether oxygens (including phenoxy) is 1. The minimum Gasteiger partial charge on any atom is -0.385 e. The summed E-state index contributed by atoms with van der Waals surface area (Å²) in [4.78, 5) is 0. The summed E-state index contributed by atoms with van der Waals surface area (Å²) in [6.45, 7) is 1.46. The van der Waals surface area contributed by atoms with Crippen LogP contribution in [0.2, 0.25) is 0 Å². The topological polar surface area (TPSA) is 93.2 Å². The second-order valence-corrected chi connectivity index (χ2v) is 5.05. The van der Waals surface area contributed by atoms with E-state index in [4.69, 9.17) is 15.9 Å². The third kappa shape index (κ3) is 2.78. The van der Waals surface area contributed by atoms with Gasteiger partial charge >= 0.3 is 0 Å². The van der Waals surface area contributed by atoms with Gasteiger partial charge in [-0.15, -0.1) is 0 Å². The maximum absolute atomic E-state index is 11.0. The van der Waals surface area contributed by atoms with Crippen LogP contribution in [0.3, 0.4) is 0 Å². The molecule has 0 bridgehead atoms. The van der Waals surface area contributed by atoms with Gasteiger partial charge in [-0.3, -0.25) is 5.41 Å². The van der Waals surface area contributed by atoms with Crippen molar-refractivity contribution in [2.24, 2.45) is 5.73 Å². The van der Waals surface area contributed by atoms with Gasteiger partial charge in [0, 0.05) is 13.4 Å². The maximum atomic E-state index is 11.0. The van der Waals surface area contributed by atoms with Crippen molar-refractivity contribution in [1.29, 1.82) is 5.41 Å². The maximum Gasteiger partial charge on any atom is 0.153 e. The van der Waals surface area contributed by atoms with Gasteiger partial charge in [-0.05, 0) is 6.92 Å². The predicted octanol–water partition coefficient (Wildman–Crippen LogP) is -0.630. The molecule has 0 unspecified atom stereocenters. The Kier molecular flexibility index (Phi) is 3.66. The van der Waals surface area contributed by atoms with Crippen LogP contribution in [-0.2, 0) is 14.6 Å². The average molecular weight is 194 g/mol. The molecule has 0 saturated carbocycles. The fraction of sp³-hybridized carbons (Fsp3) is 0.833. The Hall–Kier alpha value is -0.620. The van der Waals surface area contributed by atoms with Gasteiger partial charge < -0.3 is 10.5 Å². The molecule has 5 nitrogen and oxygen atoms in total. The van der Waals surface area contributed by atoms with Crippen LogP contribution in [0.1, 0.15) is 6.92 Å². The zero-order valence-electron chi connectivity index (χ0n) is 7.37. The van der Waals surface area contributed by atoms with Gasteiger partial charge in [0.25, 0.3) is 0 Å². The highest BCUT2D eigenvalue weighted by atomic mass is 32.2. The van der Waals surface area contributed by atoms with Gasteiger partial charge in [0.2, 0.25) is 0 Å². The summed E-state index contributed by atoms with van der Waals surface area (Å²) in [6, 6.07) is 0. The van der Waals surface area contributed by atoms with Crippen molar-refractivity contribution in [1.82, 2.24) is 0 Å². The highest BCUT2D eigenvalue weighted by Crippen LogP contribution is 2.06. The molecule has 0 amide bonds. The van der Waals surface area contributed by atoms with Gasteiger partial charge in [-0.2, -0.15) is 0 Å². The van der Waals surface area contributed by atoms with Gasteiger partial charge in [0.1, 0.15) is 11.9 Å². The number of amidine groups is 1. The molecule has 0 aromatic heterocycles. The van der Waals surface area contributed by atoms with E-state index in [0.29, 0.717) is 0 Å². The first-order chi connectivity index (χ1) is 5.30. The molecule has 2 atom stereocenters. The first-order valence-electron chi connectivity index (χ1n) is 3.36. The van der Waals surface area contributed by atoms with Crippen molar-refractivity contribution in [3.05, 3.63) is 0 Å². The molecule has 72 valence electrons. The molecule has 0 spiro atoms. The summed E-state index contributed by atoms with van der Waals surface area (Å²) >= 11 is 0. The van der Waals surface area contributed by atoms with Crippen molar-refractivity contribution in [3.8, 4) is 0 Å². The molecular formula is C6H14N2O3S. The lowest BCUT2D eigenvalue weighted by Crippen LogP contribution is -2.42. The van der Waals surface area contributed by atoms with Gasteiger partial charge in [0.15, 0.2) is 9.84 Å². The molecule has 12 heavy (non-hydrogen) atoms. The second kappa shape index (κ2) is 3.86. The predicted molar refractivity (Wildman–Crippen MR) is 47.0 cm³/mol. The molecule has 0 saturated heterocycles. The van der Waals surface area contributed by atoms with Crippen LogP contribution in [0.25, 0.3) is 0 Å². The van der Waals surface area contributed by atoms with Gasteiger partial charge in [-0.25, -0.2) is 8.42 Å². The van der Waals surface area contributed by atoms with Crippen LogP contribution in [0.5, 0.6) is 0 Å². The Bertz CT molecular complexity index is 260. The Morgan fingerprint density at radius 1 is 1.58 bits per heavy atom. The van der Waals surface area contributed by atoms with Crippen LogP contribution in [0.15, 0.2) is 0 Å². The largest absolute Gasteiger partial charge is 0.385 e. The Morgan fingerprint density at radius 2 is 2.00 bits per heavy atom. The van der Waals surface area contributed by atoms with Crippen molar-refractivity contribution in [2.75, 3.05) is 13.4 Å². The van der Waals surface area contributed by atoms with Crippen LogP contribution in [0, 0.1) is 5.41 Å². The summed E-state index contributed by atoms with van der Waals surface area (Å²) in [6.07, 6.45) is 0.243. The first kappa shape index (κ1) is 11.4. The van der Waals surface area contributed by atoms with E-state index < -0.39 is 21.2 Å². The molecular weight excluding hydrogens is 180 g/mol. The van der Waals surface area contributed by atoms with E-state index in [-0.39, 0.29) is 5.84 Å². The minimum absolute atomic E-state index is 0.268. The minimum atomic E-state index is -3.20. The normalized spacial score (nSPS) is 16.9. The highest BCUT2D eigenvalue weighted by molar-refractivity contribution is 7.91. The third-order valence-electron chi connectivity index (χ3n) is 1.66. The molecule has 6 heteroatoms. The number of hydrogen-bond acceptors (Lipinski definition) is 4. The van der Waals surface area contributed by atoms with Crippen molar-refractivity contribution < 1.29 is 13.2 Å². The fourth-order valence-corrected chi connectivity index (χ4v) is 1.50. The van der Waals surface area contributed by atoms with Crippen molar-refractivity contribution in [3.63, 3.8) is 0 Å². The summed E-state index contributed by atoms with van der Waals surface area (Å²) in [5, 5.41) is 6.27. The van der Waals surface area contributed by atoms with E-state index in [1.54, 1.807) is 0 Å². The third-order valence-corrected chi connectivity index (χ3v) is 3.26. The van der Waals surface area contributed by atoms with Crippen molar-refractivity contribution in [2.45, 2.75) is 18.3 Å². The molecule has 3 N–H and O–H groups in total. The molecule has 0 rings (SSSR count).